The number of ether oxygens (including phenoxy) is 1. The molecule has 1 aromatic carbocycles. The van der Waals surface area contributed by atoms with E-state index in [2.05, 4.69) is 15.4 Å². The highest BCUT2D eigenvalue weighted by atomic mass is 32.5. The van der Waals surface area contributed by atoms with Crippen LogP contribution < -0.4 is 10.2 Å². The molecule has 2 amide bonds. The minimum atomic E-state index is -9.84. The quantitative estimate of drug-likeness (QED) is 0.351. The van der Waals surface area contributed by atoms with Gasteiger partial charge in [-0.1, -0.05) is 19.4 Å². The average molecular weight is 546 g/mol. The summed E-state index contributed by atoms with van der Waals surface area (Å²) in [6.45, 7) is 6.93. The number of hydrogen-bond acceptors (Lipinski definition) is 5. The van der Waals surface area contributed by atoms with Crippen LogP contribution in [0.5, 0.6) is 0 Å². The van der Waals surface area contributed by atoms with Crippen LogP contribution in [0.1, 0.15) is 44.2 Å². The number of nitrogens with one attached hydrogen (secondary N) is 1. The molecular weight excluding hydrogens is 521 g/mol. The molecule has 0 saturated heterocycles. The fourth-order valence-electron chi connectivity index (χ4n) is 3.85. The maximum Gasteiger partial charge on any atom is 0.413 e. The van der Waals surface area contributed by atoms with Crippen LogP contribution in [0.2, 0.25) is 0 Å². The van der Waals surface area contributed by atoms with Crippen molar-refractivity contribution in [2.75, 3.05) is 16.8 Å². The highest BCUT2D eigenvalue weighted by Gasteiger charge is 2.65. The van der Waals surface area contributed by atoms with Gasteiger partial charge in [0.1, 0.15) is 22.0 Å². The van der Waals surface area contributed by atoms with Gasteiger partial charge in [-0.05, 0) is 69.7 Å². The fraction of sp³-hybridized carbons (Fsp3) is 0.304. The maximum absolute atomic E-state index is 13.4. The zero-order valence-electron chi connectivity index (χ0n) is 20.2. The molecule has 0 fully saturated rings. The molecule has 1 unspecified atom stereocenters. The highest BCUT2D eigenvalue weighted by molar-refractivity contribution is 8.45. The van der Waals surface area contributed by atoms with Crippen molar-refractivity contribution < 1.29 is 33.8 Å². The first kappa shape index (κ1) is 26.4. The van der Waals surface area contributed by atoms with Crippen molar-refractivity contribution in [2.24, 2.45) is 0 Å². The average Bonchev–Trinajstić information content (AvgIpc) is 3.20. The number of nitrogens with zero attached hydrogens (tertiary/aromatic N) is 4. The van der Waals surface area contributed by atoms with E-state index in [4.69, 9.17) is 4.74 Å². The number of benzene rings is 1. The number of fused-ring (bicyclic) bond motifs is 1. The number of halogens is 5. The molecule has 0 saturated carbocycles. The molecule has 14 heteroatoms. The Morgan fingerprint density at radius 3 is 2.35 bits per heavy atom. The van der Waals surface area contributed by atoms with Crippen LogP contribution in [0, 0.1) is 0 Å². The largest absolute Gasteiger partial charge is 0.444 e. The molecule has 0 aliphatic carbocycles. The van der Waals surface area contributed by atoms with Crippen molar-refractivity contribution in [3.8, 4) is 11.1 Å². The van der Waals surface area contributed by atoms with Crippen LogP contribution in [0.4, 0.5) is 35.7 Å². The molecule has 37 heavy (non-hydrogen) atoms. The third-order valence-corrected chi connectivity index (χ3v) is 6.56. The van der Waals surface area contributed by atoms with Crippen molar-refractivity contribution in [2.45, 2.75) is 44.2 Å². The van der Waals surface area contributed by atoms with E-state index in [-0.39, 0.29) is 41.9 Å². The summed E-state index contributed by atoms with van der Waals surface area (Å²) in [6.07, 6.45) is 2.15. The van der Waals surface area contributed by atoms with Gasteiger partial charge in [0, 0.05) is 24.0 Å². The molecule has 8 nitrogen and oxygen atoms in total. The van der Waals surface area contributed by atoms with E-state index in [1.54, 1.807) is 33.8 Å². The summed E-state index contributed by atoms with van der Waals surface area (Å²) in [7, 11) is -9.84. The third kappa shape index (κ3) is 5.68. The predicted molar refractivity (Wildman–Crippen MR) is 130 cm³/mol. The normalized spacial score (nSPS) is 18.0. The second-order valence-corrected chi connectivity index (χ2v) is 12.0. The predicted octanol–water partition coefficient (Wildman–Crippen LogP) is 7.17. The number of anilines is 2. The molecule has 1 atom stereocenters. The van der Waals surface area contributed by atoms with Gasteiger partial charge in [-0.2, -0.15) is 5.10 Å². The van der Waals surface area contributed by atoms with E-state index in [0.29, 0.717) is 11.1 Å². The SMILES string of the molecule is CC1CN(c2ccc(S(F)(F)(F)(F)F)cc2)C(=O)c2c(-c3ccnc(NC(=O)OC(C)(C)C)c3)cnn21. The summed E-state index contributed by atoms with van der Waals surface area (Å²) < 4.78 is 72.3. The lowest BCUT2D eigenvalue weighted by atomic mass is 10.0. The van der Waals surface area contributed by atoms with E-state index >= 15 is 0 Å². The molecule has 4 rings (SSSR count). The standard InChI is InChI=1S/C23H24F5N5O3S/c1-14-13-32(16-5-7-17(8-6-16)37(24,25,26,27)28)21(34)20-18(12-30-33(14)20)15-9-10-29-19(11-15)31-22(35)36-23(2,3)4/h5-12,14H,13H2,1-4H3,(H,29,31,35). The van der Waals surface area contributed by atoms with Crippen molar-refractivity contribution >= 4 is 33.7 Å². The summed E-state index contributed by atoms with van der Waals surface area (Å²) in [5.41, 5.74) is 0.322. The molecule has 2 aromatic heterocycles. The van der Waals surface area contributed by atoms with Crippen LogP contribution in [0.15, 0.2) is 53.7 Å². The number of aromatic nitrogens is 3. The van der Waals surface area contributed by atoms with E-state index in [1.165, 1.54) is 28.0 Å². The van der Waals surface area contributed by atoms with Gasteiger partial charge in [-0.15, -0.1) is 0 Å². The fourth-order valence-corrected chi connectivity index (χ4v) is 4.50. The zero-order valence-corrected chi connectivity index (χ0v) is 21.0. The molecule has 200 valence electrons. The van der Waals surface area contributed by atoms with E-state index < -0.39 is 32.7 Å². The topological polar surface area (TPSA) is 89.3 Å². The molecule has 1 aliphatic rings. The molecule has 1 N–H and O–H groups in total. The number of carbonyl (C=O) groups excluding carboxylic acids is 2. The Morgan fingerprint density at radius 2 is 1.76 bits per heavy atom. The Kier molecular flexibility index (Phi) is 5.64. The van der Waals surface area contributed by atoms with Gasteiger partial charge in [0.2, 0.25) is 0 Å². The van der Waals surface area contributed by atoms with Crippen LogP contribution in [-0.2, 0) is 4.74 Å². The summed E-state index contributed by atoms with van der Waals surface area (Å²) in [5, 5.41) is 6.80. The molecule has 3 aromatic rings. The van der Waals surface area contributed by atoms with E-state index in [0.717, 1.165) is 12.1 Å². The van der Waals surface area contributed by atoms with Gasteiger partial charge in [-0.3, -0.25) is 14.8 Å². The minimum Gasteiger partial charge on any atom is -0.444 e. The van der Waals surface area contributed by atoms with E-state index in [9.17, 15) is 29.0 Å². The Labute approximate surface area is 209 Å². The zero-order chi connectivity index (χ0) is 27.5. The van der Waals surface area contributed by atoms with Crippen LogP contribution in [-0.4, -0.2) is 38.9 Å². The number of amides is 2. The number of carbonyl (C=O) groups is 2. The summed E-state index contributed by atoms with van der Waals surface area (Å²) in [5.74, 6) is -0.421. The van der Waals surface area contributed by atoms with Crippen LogP contribution in [0.25, 0.3) is 11.1 Å². The van der Waals surface area contributed by atoms with Gasteiger partial charge in [0.15, 0.2) is 0 Å². The molecule has 0 bridgehead atoms. The van der Waals surface area contributed by atoms with Crippen molar-refractivity contribution in [3.05, 3.63) is 54.5 Å². The second-order valence-electron chi connectivity index (χ2n) is 9.64. The Hall–Kier alpha value is -3.68. The Balaban J connectivity index is 1.66. The van der Waals surface area contributed by atoms with Gasteiger partial charge >= 0.3 is 16.3 Å². The number of rotatable bonds is 4. The lowest BCUT2D eigenvalue weighted by Gasteiger charge is -2.40. The lowest BCUT2D eigenvalue weighted by Crippen LogP contribution is -2.42. The summed E-state index contributed by atoms with van der Waals surface area (Å²) in [6, 6.07) is 4.98. The minimum absolute atomic E-state index is 0.0304. The van der Waals surface area contributed by atoms with Crippen molar-refractivity contribution in [1.29, 1.82) is 0 Å². The van der Waals surface area contributed by atoms with Gasteiger partial charge in [0.25, 0.3) is 5.91 Å². The molecule has 3 heterocycles. The Morgan fingerprint density at radius 1 is 1.11 bits per heavy atom. The van der Waals surface area contributed by atoms with Gasteiger partial charge < -0.3 is 9.64 Å². The second kappa shape index (κ2) is 7.91. The van der Waals surface area contributed by atoms with Crippen LogP contribution in [0.3, 0.4) is 0 Å². The first-order chi connectivity index (χ1) is 16.8. The van der Waals surface area contributed by atoms with Crippen molar-refractivity contribution in [3.63, 3.8) is 0 Å². The number of pyridine rings is 1. The van der Waals surface area contributed by atoms with Gasteiger partial charge in [-0.25, -0.2) is 9.78 Å². The maximum atomic E-state index is 13.4. The third-order valence-electron chi connectivity index (χ3n) is 5.40. The van der Waals surface area contributed by atoms with E-state index in [1.807, 2.05) is 0 Å². The molecule has 1 aliphatic heterocycles. The monoisotopic (exact) mass is 545 g/mol. The number of hydrogen-bond donors (Lipinski definition) is 1. The Bertz CT molecular complexity index is 1390. The molecule has 0 radical (unpaired) electrons. The molecular formula is C23H24F5N5O3S. The first-order valence-electron chi connectivity index (χ1n) is 11.0. The van der Waals surface area contributed by atoms with Gasteiger partial charge in [0.05, 0.1) is 12.2 Å². The summed E-state index contributed by atoms with van der Waals surface area (Å²) >= 11 is 0. The summed E-state index contributed by atoms with van der Waals surface area (Å²) in [4.78, 5) is 28.8. The lowest BCUT2D eigenvalue weighted by molar-refractivity contribution is 0.0635. The first-order valence-corrected chi connectivity index (χ1v) is 13.0. The molecule has 0 spiro atoms. The smallest absolute Gasteiger partial charge is 0.413 e. The highest BCUT2D eigenvalue weighted by Crippen LogP contribution is 3.02. The van der Waals surface area contributed by atoms with Crippen LogP contribution >= 0.6 is 10.2 Å². The van der Waals surface area contributed by atoms with Crippen molar-refractivity contribution in [1.82, 2.24) is 14.8 Å².